The van der Waals surface area contributed by atoms with Crippen molar-refractivity contribution in [2.75, 3.05) is 4.90 Å². The summed E-state index contributed by atoms with van der Waals surface area (Å²) in [5.41, 5.74) is 1.02. The van der Waals surface area contributed by atoms with Crippen LogP contribution in [0.5, 0.6) is 0 Å². The molecule has 0 saturated carbocycles. The summed E-state index contributed by atoms with van der Waals surface area (Å²) in [6.07, 6.45) is 4.23. The summed E-state index contributed by atoms with van der Waals surface area (Å²) in [5, 5.41) is 0.963. The van der Waals surface area contributed by atoms with E-state index in [1.54, 1.807) is 29.3 Å². The molecule has 1 saturated heterocycles. The lowest BCUT2D eigenvalue weighted by Gasteiger charge is -2.23. The third-order valence-corrected chi connectivity index (χ3v) is 5.70. The topological polar surface area (TPSA) is 37.1 Å². The van der Waals surface area contributed by atoms with Gasteiger partial charge < -0.3 is 0 Å². The molecule has 0 spiro atoms. The van der Waals surface area contributed by atoms with Crippen LogP contribution in [-0.4, -0.2) is 17.4 Å². The summed E-state index contributed by atoms with van der Waals surface area (Å²) in [6, 6.07) is 13.1. The first kappa shape index (κ1) is 17.7. The van der Waals surface area contributed by atoms with E-state index in [1.165, 1.54) is 0 Å². The first-order chi connectivity index (χ1) is 12.4. The fourth-order valence-corrected chi connectivity index (χ4v) is 4.26. The number of carbonyl (C=O) groups excluding carboxylic acids is 1. The van der Waals surface area contributed by atoms with Crippen LogP contribution in [0.25, 0.3) is 0 Å². The van der Waals surface area contributed by atoms with E-state index in [2.05, 4.69) is 20.9 Å². The lowest BCUT2D eigenvalue weighted by Crippen LogP contribution is -3.16. The Labute approximate surface area is 169 Å². The SMILES string of the molecule is CC1(Cc2ccc(Br)cc2)C(=O)N(c2cc(Cl)cc(Cl)c2)C2=NC=C[NH+]21. The van der Waals surface area contributed by atoms with Crippen LogP contribution in [0.2, 0.25) is 10.0 Å². The van der Waals surface area contributed by atoms with Gasteiger partial charge in [0.15, 0.2) is 5.54 Å². The molecule has 1 fully saturated rings. The molecule has 2 aliphatic rings. The highest BCUT2D eigenvalue weighted by Crippen LogP contribution is 2.30. The molecule has 2 aromatic carbocycles. The smallest absolute Gasteiger partial charge is 0.266 e. The van der Waals surface area contributed by atoms with Crippen molar-refractivity contribution in [3.8, 4) is 0 Å². The van der Waals surface area contributed by atoms with Crippen molar-refractivity contribution in [3.05, 3.63) is 74.9 Å². The van der Waals surface area contributed by atoms with Crippen molar-refractivity contribution >= 4 is 56.7 Å². The second kappa shape index (κ2) is 6.50. The van der Waals surface area contributed by atoms with Gasteiger partial charge >= 0.3 is 5.96 Å². The van der Waals surface area contributed by atoms with Crippen LogP contribution in [0, 0.1) is 0 Å². The zero-order chi connectivity index (χ0) is 18.5. The van der Waals surface area contributed by atoms with E-state index >= 15 is 0 Å². The van der Waals surface area contributed by atoms with E-state index in [1.807, 2.05) is 37.4 Å². The second-order valence-electron chi connectivity index (χ2n) is 6.59. The maximum absolute atomic E-state index is 13.4. The lowest BCUT2D eigenvalue weighted by molar-refractivity contribution is -0.788. The van der Waals surface area contributed by atoms with Crippen molar-refractivity contribution in [3.63, 3.8) is 0 Å². The number of anilines is 1. The molecule has 0 aromatic heterocycles. The number of fused-ring (bicyclic) bond motifs is 1. The molecule has 0 aliphatic carbocycles. The molecule has 2 aromatic rings. The Morgan fingerprint density at radius 1 is 1.15 bits per heavy atom. The Hall–Kier alpha value is -1.66. The predicted molar refractivity (Wildman–Crippen MR) is 108 cm³/mol. The molecule has 7 heteroatoms. The lowest BCUT2D eigenvalue weighted by atomic mass is 9.91. The first-order valence-corrected chi connectivity index (χ1v) is 9.61. The van der Waals surface area contributed by atoms with Gasteiger partial charge in [0.2, 0.25) is 0 Å². The minimum Gasteiger partial charge on any atom is -0.266 e. The van der Waals surface area contributed by atoms with Crippen LogP contribution in [0.4, 0.5) is 5.69 Å². The number of nitrogens with one attached hydrogen (secondary N) is 1. The summed E-state index contributed by atoms with van der Waals surface area (Å²) in [6.45, 7) is 1.96. The minimum atomic E-state index is -0.700. The number of aliphatic imine (C=N–C) groups is 1. The second-order valence-corrected chi connectivity index (χ2v) is 8.37. The summed E-state index contributed by atoms with van der Waals surface area (Å²) in [5.74, 6) is 0.616. The molecule has 2 unspecified atom stereocenters. The Kier molecular flexibility index (Phi) is 4.43. The number of halogens is 3. The number of rotatable bonds is 3. The largest absolute Gasteiger partial charge is 0.320 e. The molecule has 2 heterocycles. The molecule has 2 aliphatic heterocycles. The Bertz CT molecular complexity index is 938. The highest BCUT2D eigenvalue weighted by molar-refractivity contribution is 9.10. The summed E-state index contributed by atoms with van der Waals surface area (Å²) in [4.78, 5) is 20.4. The van der Waals surface area contributed by atoms with E-state index in [0.717, 1.165) is 14.9 Å². The van der Waals surface area contributed by atoms with E-state index in [0.29, 0.717) is 28.1 Å². The monoisotopic (exact) mass is 450 g/mol. The number of nitrogens with zero attached hydrogens (tertiary/aromatic N) is 2. The average molecular weight is 452 g/mol. The molecular formula is C19H15BrCl2N3O+. The maximum Gasteiger partial charge on any atom is 0.320 e. The number of hydrogen-bond acceptors (Lipinski definition) is 2. The first-order valence-electron chi connectivity index (χ1n) is 8.06. The number of guanidine groups is 1. The summed E-state index contributed by atoms with van der Waals surface area (Å²) in [7, 11) is 0. The van der Waals surface area contributed by atoms with Crippen molar-refractivity contribution in [2.24, 2.45) is 4.99 Å². The zero-order valence-corrected chi connectivity index (χ0v) is 16.9. The molecule has 0 radical (unpaired) electrons. The third-order valence-electron chi connectivity index (χ3n) is 4.74. The fraction of sp³-hybridized carbons (Fsp3) is 0.158. The number of carbonyl (C=O) groups is 1. The van der Waals surface area contributed by atoms with Crippen molar-refractivity contribution in [1.82, 2.24) is 0 Å². The molecule has 1 amide bonds. The third kappa shape index (κ3) is 2.89. The molecule has 0 bridgehead atoms. The molecule has 132 valence electrons. The maximum atomic E-state index is 13.4. The number of hydrogen-bond donors (Lipinski definition) is 1. The van der Waals surface area contributed by atoms with E-state index in [-0.39, 0.29) is 5.91 Å². The molecule has 4 nitrogen and oxygen atoms in total. The number of benzene rings is 2. The van der Waals surface area contributed by atoms with Crippen LogP contribution < -0.4 is 9.80 Å². The molecule has 26 heavy (non-hydrogen) atoms. The normalized spacial score (nSPS) is 24.2. The van der Waals surface area contributed by atoms with Gasteiger partial charge in [-0.2, -0.15) is 4.99 Å². The zero-order valence-electron chi connectivity index (χ0n) is 13.8. The fourth-order valence-electron chi connectivity index (χ4n) is 3.48. The molecule has 2 atom stereocenters. The van der Waals surface area contributed by atoms with Crippen LogP contribution in [0.15, 0.2) is 64.3 Å². The molecule has 1 N–H and O–H groups in total. The van der Waals surface area contributed by atoms with Gasteiger partial charge in [-0.25, -0.2) is 9.80 Å². The Balaban J connectivity index is 1.75. The predicted octanol–water partition coefficient (Wildman–Crippen LogP) is 3.83. The quantitative estimate of drug-likeness (QED) is 0.756. The Morgan fingerprint density at radius 2 is 1.81 bits per heavy atom. The van der Waals surface area contributed by atoms with Gasteiger partial charge in [0.25, 0.3) is 5.91 Å². The minimum absolute atomic E-state index is 0.0307. The van der Waals surface area contributed by atoms with E-state index in [9.17, 15) is 4.79 Å². The number of quaternary nitrogens is 1. The van der Waals surface area contributed by atoms with Gasteiger partial charge in [0.1, 0.15) is 6.20 Å². The van der Waals surface area contributed by atoms with Crippen LogP contribution in [0.1, 0.15) is 12.5 Å². The van der Waals surface area contributed by atoms with Gasteiger partial charge in [-0.05, 0) is 35.9 Å². The average Bonchev–Trinajstić information content (AvgIpc) is 3.12. The summed E-state index contributed by atoms with van der Waals surface area (Å²) < 4.78 is 1.01. The van der Waals surface area contributed by atoms with Crippen molar-refractivity contribution in [1.29, 1.82) is 0 Å². The van der Waals surface area contributed by atoms with E-state index < -0.39 is 5.54 Å². The highest BCUT2D eigenvalue weighted by Gasteiger charge is 2.59. The van der Waals surface area contributed by atoms with Crippen LogP contribution in [0.3, 0.4) is 0 Å². The Morgan fingerprint density at radius 3 is 2.46 bits per heavy atom. The van der Waals surface area contributed by atoms with Gasteiger partial charge in [-0.15, -0.1) is 0 Å². The molecular weight excluding hydrogens is 437 g/mol. The number of amides is 1. The highest BCUT2D eigenvalue weighted by atomic mass is 79.9. The van der Waals surface area contributed by atoms with Gasteiger partial charge in [0.05, 0.1) is 11.9 Å². The van der Waals surface area contributed by atoms with Crippen molar-refractivity contribution in [2.45, 2.75) is 18.9 Å². The van der Waals surface area contributed by atoms with Crippen LogP contribution >= 0.6 is 39.1 Å². The summed E-state index contributed by atoms with van der Waals surface area (Å²) >= 11 is 15.7. The van der Waals surface area contributed by atoms with Crippen LogP contribution in [-0.2, 0) is 11.2 Å². The van der Waals surface area contributed by atoms with Gasteiger partial charge in [0, 0.05) is 27.9 Å². The van der Waals surface area contributed by atoms with Gasteiger partial charge in [-0.1, -0.05) is 51.3 Å². The van der Waals surface area contributed by atoms with Gasteiger partial charge in [-0.3, -0.25) is 4.79 Å². The molecule has 4 rings (SSSR count). The van der Waals surface area contributed by atoms with E-state index in [4.69, 9.17) is 23.2 Å². The van der Waals surface area contributed by atoms with Crippen molar-refractivity contribution < 1.29 is 9.69 Å². The standard InChI is InChI=1S/C19H14BrCl2N3O/c1-19(11-12-2-4-13(20)5-3-12)17(26)25(18-23-6-7-24(18)19)16-9-14(21)8-15(22)10-16/h2-10H,11H2,1H3/p+1.